The highest BCUT2D eigenvalue weighted by atomic mass is 79.9. The molecule has 100 valence electrons. The average Bonchev–Trinajstić information content (AvgIpc) is 2.56. The van der Waals surface area contributed by atoms with E-state index in [0.29, 0.717) is 6.54 Å². The van der Waals surface area contributed by atoms with Gasteiger partial charge in [-0.1, -0.05) is 0 Å². The molecule has 0 unspecified atom stereocenters. The molecule has 0 amide bonds. The molecule has 1 aromatic rings. The third kappa shape index (κ3) is 8.98. The first kappa shape index (κ1) is 17.3. The van der Waals surface area contributed by atoms with Crippen LogP contribution in [0.4, 0.5) is 0 Å². The zero-order valence-corrected chi connectivity index (χ0v) is 13.4. The summed E-state index contributed by atoms with van der Waals surface area (Å²) < 4.78 is 25.1. The van der Waals surface area contributed by atoms with Crippen molar-refractivity contribution in [3.05, 3.63) is 20.8 Å². The van der Waals surface area contributed by atoms with E-state index in [2.05, 4.69) is 32.0 Å². The number of hydrogen-bond donors (Lipinski definition) is 2. The maximum absolute atomic E-state index is 10.8. The number of hydrogen-bond acceptors (Lipinski definition) is 4. The van der Waals surface area contributed by atoms with Crippen LogP contribution in [0.15, 0.2) is 15.9 Å². The summed E-state index contributed by atoms with van der Waals surface area (Å²) in [6, 6.07) is 4.09. The van der Waals surface area contributed by atoms with Crippen LogP contribution in [0.5, 0.6) is 0 Å². The van der Waals surface area contributed by atoms with Gasteiger partial charge in [0.1, 0.15) is 0 Å². The molecule has 0 aliphatic rings. The number of rotatable bonds is 7. The number of halogens is 2. The van der Waals surface area contributed by atoms with E-state index < -0.39 is 10.0 Å². The van der Waals surface area contributed by atoms with E-state index in [-0.39, 0.29) is 12.4 Å². The van der Waals surface area contributed by atoms with Crippen molar-refractivity contribution in [2.75, 3.05) is 19.3 Å². The lowest BCUT2D eigenvalue weighted by Crippen LogP contribution is -2.26. The minimum Gasteiger partial charge on any atom is -0.312 e. The molecule has 0 saturated heterocycles. The maximum atomic E-state index is 10.8. The van der Waals surface area contributed by atoms with Crippen molar-refractivity contribution in [2.45, 2.75) is 13.0 Å². The van der Waals surface area contributed by atoms with Crippen molar-refractivity contribution in [3.63, 3.8) is 0 Å². The highest BCUT2D eigenvalue weighted by molar-refractivity contribution is 9.11. The van der Waals surface area contributed by atoms with Gasteiger partial charge in [-0.15, -0.1) is 23.7 Å². The Morgan fingerprint density at radius 3 is 2.59 bits per heavy atom. The van der Waals surface area contributed by atoms with Crippen LogP contribution >= 0.6 is 39.7 Å². The van der Waals surface area contributed by atoms with E-state index in [9.17, 15) is 8.42 Å². The monoisotopic (exact) mass is 362 g/mol. The highest BCUT2D eigenvalue weighted by Gasteiger charge is 1.99. The van der Waals surface area contributed by atoms with Crippen molar-refractivity contribution in [3.8, 4) is 0 Å². The SMILES string of the molecule is CS(=O)(=O)NCCCNCc1ccc(Br)s1.Cl. The molecule has 0 aromatic carbocycles. The molecule has 8 heteroatoms. The molecule has 0 fully saturated rings. The van der Waals surface area contributed by atoms with Gasteiger partial charge in [-0.25, -0.2) is 13.1 Å². The van der Waals surface area contributed by atoms with Crippen molar-refractivity contribution >= 4 is 49.7 Å². The fourth-order valence-electron chi connectivity index (χ4n) is 1.13. The molecule has 1 aromatic heterocycles. The van der Waals surface area contributed by atoms with Crippen molar-refractivity contribution < 1.29 is 8.42 Å². The van der Waals surface area contributed by atoms with E-state index in [4.69, 9.17) is 0 Å². The number of nitrogens with one attached hydrogen (secondary N) is 2. The fourth-order valence-corrected chi connectivity index (χ4v) is 3.10. The summed E-state index contributed by atoms with van der Waals surface area (Å²) in [7, 11) is -3.04. The lowest BCUT2D eigenvalue weighted by atomic mass is 10.4. The molecule has 0 atom stereocenters. The van der Waals surface area contributed by atoms with Crippen LogP contribution in [-0.4, -0.2) is 27.8 Å². The lowest BCUT2D eigenvalue weighted by Gasteiger charge is -2.03. The summed E-state index contributed by atoms with van der Waals surface area (Å²) in [5.74, 6) is 0. The minimum absolute atomic E-state index is 0. The van der Waals surface area contributed by atoms with Crippen LogP contribution < -0.4 is 10.0 Å². The Hall–Kier alpha value is 0.340. The Bertz CT molecular complexity index is 422. The second kappa shape index (κ2) is 8.44. The van der Waals surface area contributed by atoms with Crippen LogP contribution in [0.3, 0.4) is 0 Å². The van der Waals surface area contributed by atoms with Crippen molar-refractivity contribution in [1.29, 1.82) is 0 Å². The van der Waals surface area contributed by atoms with Crippen LogP contribution in [-0.2, 0) is 16.6 Å². The normalized spacial score (nSPS) is 11.2. The van der Waals surface area contributed by atoms with E-state index in [0.717, 1.165) is 23.3 Å². The largest absolute Gasteiger partial charge is 0.312 e. The fraction of sp³-hybridized carbons (Fsp3) is 0.556. The molecule has 17 heavy (non-hydrogen) atoms. The lowest BCUT2D eigenvalue weighted by molar-refractivity contribution is 0.579. The van der Waals surface area contributed by atoms with Gasteiger partial charge in [-0.2, -0.15) is 0 Å². The van der Waals surface area contributed by atoms with E-state index in [1.54, 1.807) is 11.3 Å². The molecule has 0 bridgehead atoms. The number of thiophene rings is 1. The summed E-state index contributed by atoms with van der Waals surface area (Å²) in [6.45, 7) is 2.12. The van der Waals surface area contributed by atoms with Gasteiger partial charge in [0.05, 0.1) is 10.0 Å². The smallest absolute Gasteiger partial charge is 0.208 e. The van der Waals surface area contributed by atoms with Crippen LogP contribution in [0.25, 0.3) is 0 Å². The van der Waals surface area contributed by atoms with Gasteiger partial charge in [0.25, 0.3) is 0 Å². The summed E-state index contributed by atoms with van der Waals surface area (Å²) in [5, 5.41) is 3.26. The Kier molecular flexibility index (Phi) is 8.61. The molecule has 0 spiro atoms. The van der Waals surface area contributed by atoms with Crippen LogP contribution in [0, 0.1) is 0 Å². The van der Waals surface area contributed by atoms with E-state index >= 15 is 0 Å². The molecule has 0 saturated carbocycles. The first-order valence-electron chi connectivity index (χ1n) is 4.87. The standard InChI is InChI=1S/C9H15BrN2O2S2.ClH/c1-16(13,14)12-6-2-5-11-7-8-3-4-9(10)15-8;/h3-4,11-12H,2,5-7H2,1H3;1H. The first-order valence-corrected chi connectivity index (χ1v) is 8.37. The Morgan fingerprint density at radius 1 is 1.35 bits per heavy atom. The Morgan fingerprint density at radius 2 is 2.06 bits per heavy atom. The zero-order valence-electron chi connectivity index (χ0n) is 9.40. The third-order valence-electron chi connectivity index (χ3n) is 1.82. The topological polar surface area (TPSA) is 58.2 Å². The Balaban J connectivity index is 0.00000256. The van der Waals surface area contributed by atoms with Gasteiger partial charge in [0.2, 0.25) is 10.0 Å². The highest BCUT2D eigenvalue weighted by Crippen LogP contribution is 2.21. The number of sulfonamides is 1. The summed E-state index contributed by atoms with van der Waals surface area (Å²) >= 11 is 5.10. The Labute approximate surface area is 121 Å². The van der Waals surface area contributed by atoms with Crippen LogP contribution in [0.1, 0.15) is 11.3 Å². The van der Waals surface area contributed by atoms with Crippen molar-refractivity contribution in [1.82, 2.24) is 10.0 Å². The maximum Gasteiger partial charge on any atom is 0.208 e. The predicted octanol–water partition coefficient (Wildman–Crippen LogP) is 1.96. The molecular weight excluding hydrogens is 348 g/mol. The van der Waals surface area contributed by atoms with Crippen LogP contribution in [0.2, 0.25) is 0 Å². The quantitative estimate of drug-likeness (QED) is 0.728. The van der Waals surface area contributed by atoms with Gasteiger partial charge >= 0.3 is 0 Å². The second-order valence-electron chi connectivity index (χ2n) is 3.40. The summed E-state index contributed by atoms with van der Waals surface area (Å²) in [4.78, 5) is 1.27. The first-order chi connectivity index (χ1) is 7.47. The molecule has 0 aliphatic heterocycles. The molecule has 1 rings (SSSR count). The molecule has 0 radical (unpaired) electrons. The molecule has 4 nitrogen and oxygen atoms in total. The molecule has 0 aliphatic carbocycles. The van der Waals surface area contributed by atoms with Gasteiger partial charge in [-0.3, -0.25) is 0 Å². The molecule has 1 heterocycles. The third-order valence-corrected chi connectivity index (χ3v) is 4.17. The van der Waals surface area contributed by atoms with Gasteiger partial charge < -0.3 is 5.32 Å². The van der Waals surface area contributed by atoms with E-state index in [1.165, 1.54) is 11.1 Å². The second-order valence-corrected chi connectivity index (χ2v) is 7.78. The zero-order chi connectivity index (χ0) is 12.0. The predicted molar refractivity (Wildman–Crippen MR) is 78.4 cm³/mol. The van der Waals surface area contributed by atoms with E-state index in [1.807, 2.05) is 6.07 Å². The molecule has 2 N–H and O–H groups in total. The average molecular weight is 364 g/mol. The summed E-state index contributed by atoms with van der Waals surface area (Å²) in [5.41, 5.74) is 0. The molecular formula is C9H16BrClN2O2S2. The minimum atomic E-state index is -3.04. The van der Waals surface area contributed by atoms with Crippen molar-refractivity contribution in [2.24, 2.45) is 0 Å². The van der Waals surface area contributed by atoms with Gasteiger partial charge in [0, 0.05) is 18.0 Å². The summed E-state index contributed by atoms with van der Waals surface area (Å²) in [6.07, 6.45) is 1.96. The van der Waals surface area contributed by atoms with Gasteiger partial charge in [-0.05, 0) is 41.0 Å². The van der Waals surface area contributed by atoms with Gasteiger partial charge in [0.15, 0.2) is 0 Å².